The van der Waals surface area contributed by atoms with Crippen LogP contribution in [0.3, 0.4) is 0 Å². The van der Waals surface area contributed by atoms with E-state index >= 15 is 0 Å². The van der Waals surface area contributed by atoms with Crippen LogP contribution in [-0.2, 0) is 10.8 Å². The third-order valence-corrected chi connectivity index (χ3v) is 5.70. The van der Waals surface area contributed by atoms with Crippen molar-refractivity contribution >= 4 is 31.9 Å². The first-order valence-electron chi connectivity index (χ1n) is 7.69. The van der Waals surface area contributed by atoms with Crippen LogP contribution in [0.4, 0.5) is 0 Å². The highest BCUT2D eigenvalue weighted by atomic mass is 79.9. The summed E-state index contributed by atoms with van der Waals surface area (Å²) in [7, 11) is 0. The molecule has 0 fully saturated rings. The molecule has 0 amide bonds. The van der Waals surface area contributed by atoms with E-state index in [1.807, 2.05) is 0 Å². The van der Waals surface area contributed by atoms with Gasteiger partial charge in [-0.05, 0) is 56.7 Å². The molecule has 0 unspecified atom stereocenters. The van der Waals surface area contributed by atoms with E-state index in [9.17, 15) is 0 Å². The summed E-state index contributed by atoms with van der Waals surface area (Å²) in [5.74, 6) is 0. The molecule has 1 aliphatic carbocycles. The number of halogens is 2. The maximum atomic E-state index is 3.78. The fourth-order valence-electron chi connectivity index (χ4n) is 2.95. The molecule has 0 aliphatic heterocycles. The molecule has 0 atom stereocenters. The Labute approximate surface area is 149 Å². The summed E-state index contributed by atoms with van der Waals surface area (Å²) in [6, 6.07) is 9.26. The van der Waals surface area contributed by atoms with Crippen LogP contribution in [0.15, 0.2) is 33.2 Å². The van der Waals surface area contributed by atoms with E-state index < -0.39 is 0 Å². The second-order valence-electron chi connectivity index (χ2n) is 8.26. The second-order valence-corrected chi connectivity index (χ2v) is 9.97. The molecule has 0 spiro atoms. The maximum absolute atomic E-state index is 3.78. The summed E-state index contributed by atoms with van der Waals surface area (Å²) in [4.78, 5) is 0. The van der Waals surface area contributed by atoms with Crippen molar-refractivity contribution in [3.05, 3.63) is 65.2 Å². The molecular weight excluding hydrogens is 400 g/mol. The minimum Gasteiger partial charge on any atom is -0.0561 e. The number of hydrogen-bond donors (Lipinski definition) is 0. The zero-order valence-electron chi connectivity index (χ0n) is 14.1. The highest BCUT2D eigenvalue weighted by Gasteiger charge is 2.20. The molecule has 0 bridgehead atoms. The van der Waals surface area contributed by atoms with Gasteiger partial charge in [-0.15, -0.1) is 0 Å². The molecule has 0 saturated carbocycles. The topological polar surface area (TPSA) is 0 Å². The molecular formula is C20H22Br2. The first-order valence-corrected chi connectivity index (χ1v) is 9.27. The molecule has 2 aromatic rings. The average molecular weight is 422 g/mol. The predicted octanol–water partition coefficient (Wildman–Crippen LogP) is 6.69. The highest BCUT2D eigenvalue weighted by molar-refractivity contribution is 9.10. The summed E-state index contributed by atoms with van der Waals surface area (Å²) in [6.45, 7) is 13.6. The van der Waals surface area contributed by atoms with Gasteiger partial charge < -0.3 is 0 Å². The Balaban J connectivity index is 2.43. The lowest BCUT2D eigenvalue weighted by Gasteiger charge is -2.23. The minimum atomic E-state index is 0.159. The smallest absolute Gasteiger partial charge is 0.0263 e. The van der Waals surface area contributed by atoms with E-state index in [0.29, 0.717) is 0 Å². The Morgan fingerprint density at radius 1 is 0.591 bits per heavy atom. The zero-order valence-corrected chi connectivity index (χ0v) is 17.2. The second kappa shape index (κ2) is 4.95. The van der Waals surface area contributed by atoms with Gasteiger partial charge in [0.25, 0.3) is 0 Å². The third kappa shape index (κ3) is 2.49. The van der Waals surface area contributed by atoms with E-state index in [1.165, 1.54) is 40.9 Å². The molecule has 116 valence electrons. The van der Waals surface area contributed by atoms with Crippen LogP contribution in [0.1, 0.15) is 52.7 Å². The Morgan fingerprint density at radius 3 is 1.18 bits per heavy atom. The normalized spacial score (nSPS) is 13.5. The summed E-state index contributed by atoms with van der Waals surface area (Å²) < 4.78 is 2.40. The van der Waals surface area contributed by atoms with Gasteiger partial charge in [0.1, 0.15) is 0 Å². The minimum absolute atomic E-state index is 0.159. The Bertz CT molecular complexity index is 876. The molecule has 1 aliphatic rings. The van der Waals surface area contributed by atoms with Crippen molar-refractivity contribution in [1.29, 1.82) is 0 Å². The number of benzene rings is 2. The van der Waals surface area contributed by atoms with Crippen molar-refractivity contribution in [2.75, 3.05) is 0 Å². The van der Waals surface area contributed by atoms with E-state index in [1.54, 1.807) is 0 Å². The van der Waals surface area contributed by atoms with Crippen LogP contribution in [0.5, 0.6) is 0 Å². The molecule has 0 nitrogen and oxygen atoms in total. The van der Waals surface area contributed by atoms with Crippen LogP contribution >= 0.6 is 31.9 Å². The van der Waals surface area contributed by atoms with Gasteiger partial charge in [0.05, 0.1) is 0 Å². The molecule has 0 radical (unpaired) electrons. The average Bonchev–Trinajstić information content (AvgIpc) is 2.32. The maximum Gasteiger partial charge on any atom is 0.0263 e. The number of rotatable bonds is 0. The van der Waals surface area contributed by atoms with Crippen molar-refractivity contribution in [2.45, 2.75) is 52.4 Å². The van der Waals surface area contributed by atoms with Gasteiger partial charge in [0, 0.05) is 19.4 Å². The quantitative estimate of drug-likeness (QED) is 0.379. The monoisotopic (exact) mass is 420 g/mol. The van der Waals surface area contributed by atoms with Gasteiger partial charge in [0.2, 0.25) is 0 Å². The number of hydrogen-bond acceptors (Lipinski definition) is 0. The lowest BCUT2D eigenvalue weighted by molar-refractivity contribution is 0.587. The third-order valence-electron chi connectivity index (χ3n) is 4.45. The standard InChI is InChI=1S/C20H22Br2/c1-19(2,3)11-7-13-14-8-12(20(4,5)6)10-16(22)18(14)17(13)15(21)9-11/h7-10H,1-6H3. The summed E-state index contributed by atoms with van der Waals surface area (Å²) in [6.07, 6.45) is 0. The lowest BCUT2D eigenvalue weighted by atomic mass is 9.83. The SMILES string of the molecule is CC(C)(C)c1cc(Br)c2c(c1)=c1cc(C(C)(C)C)cc(Br)c1=2. The molecule has 2 heteroatoms. The van der Waals surface area contributed by atoms with E-state index in [0.717, 1.165) is 0 Å². The Hall–Kier alpha value is -0.600. The van der Waals surface area contributed by atoms with Crippen molar-refractivity contribution in [3.8, 4) is 0 Å². The summed E-state index contributed by atoms with van der Waals surface area (Å²) in [5, 5.41) is 5.44. The molecule has 0 N–H and O–H groups in total. The fraction of sp³-hybridized carbons (Fsp3) is 0.400. The summed E-state index contributed by atoms with van der Waals surface area (Å²) in [5.41, 5.74) is 3.07. The van der Waals surface area contributed by atoms with Crippen LogP contribution in [0.25, 0.3) is 0 Å². The number of fused-ring (bicyclic) bond motifs is 2. The Morgan fingerprint density at radius 2 is 0.909 bits per heavy atom. The van der Waals surface area contributed by atoms with Gasteiger partial charge >= 0.3 is 0 Å². The van der Waals surface area contributed by atoms with Crippen LogP contribution in [0, 0.1) is 20.9 Å². The fourth-order valence-corrected chi connectivity index (χ4v) is 4.27. The molecule has 0 aromatic heterocycles. The highest BCUT2D eigenvalue weighted by Crippen LogP contribution is 2.34. The van der Waals surface area contributed by atoms with E-state index in [-0.39, 0.29) is 10.8 Å². The first-order chi connectivity index (χ1) is 10.00. The molecule has 0 saturated heterocycles. The largest absolute Gasteiger partial charge is 0.0561 e. The van der Waals surface area contributed by atoms with Crippen molar-refractivity contribution in [1.82, 2.24) is 0 Å². The van der Waals surface area contributed by atoms with Gasteiger partial charge in [-0.2, -0.15) is 0 Å². The lowest BCUT2D eigenvalue weighted by Crippen LogP contribution is -2.14. The van der Waals surface area contributed by atoms with E-state index in [4.69, 9.17) is 0 Å². The molecule has 2 aromatic carbocycles. The van der Waals surface area contributed by atoms with Gasteiger partial charge in [-0.25, -0.2) is 0 Å². The van der Waals surface area contributed by atoms with Gasteiger partial charge in [0.15, 0.2) is 0 Å². The van der Waals surface area contributed by atoms with Gasteiger partial charge in [-0.3, -0.25) is 0 Å². The zero-order chi connectivity index (χ0) is 16.4. The van der Waals surface area contributed by atoms with Crippen LogP contribution < -0.4 is 0 Å². The molecule has 0 heterocycles. The van der Waals surface area contributed by atoms with Crippen LogP contribution in [0.2, 0.25) is 0 Å². The van der Waals surface area contributed by atoms with Crippen molar-refractivity contribution in [2.24, 2.45) is 0 Å². The molecule has 22 heavy (non-hydrogen) atoms. The van der Waals surface area contributed by atoms with Crippen molar-refractivity contribution < 1.29 is 0 Å². The van der Waals surface area contributed by atoms with Gasteiger partial charge in [-0.1, -0.05) is 73.4 Å². The van der Waals surface area contributed by atoms with Crippen molar-refractivity contribution in [3.63, 3.8) is 0 Å². The Kier molecular flexibility index (Phi) is 3.66. The van der Waals surface area contributed by atoms with E-state index in [2.05, 4.69) is 97.7 Å². The first kappa shape index (κ1) is 16.3. The van der Waals surface area contributed by atoms with Crippen LogP contribution in [-0.4, -0.2) is 0 Å². The molecule has 3 rings (SSSR count). The predicted molar refractivity (Wildman–Crippen MR) is 101 cm³/mol. The summed E-state index contributed by atoms with van der Waals surface area (Å²) >= 11 is 7.56.